The highest BCUT2D eigenvalue weighted by atomic mass is 15.4. The van der Waals surface area contributed by atoms with E-state index in [4.69, 9.17) is 5.26 Å². The number of nitrogens with one attached hydrogen (secondary N) is 1. The molecule has 4 rings (SSSR count). The maximum absolute atomic E-state index is 8.92. The van der Waals surface area contributed by atoms with E-state index in [1.54, 1.807) is 10.8 Å². The summed E-state index contributed by atoms with van der Waals surface area (Å²) in [7, 11) is 0. The first-order valence-electron chi connectivity index (χ1n) is 7.93. The molecule has 1 N–H and O–H groups in total. The summed E-state index contributed by atoms with van der Waals surface area (Å²) >= 11 is 0. The Hall–Kier alpha value is -2.98. The Balaban J connectivity index is 1.26. The average Bonchev–Trinajstić information content (AvgIpc) is 3.04. The van der Waals surface area contributed by atoms with Gasteiger partial charge in [-0.3, -0.25) is 0 Å². The van der Waals surface area contributed by atoms with Crippen LogP contribution >= 0.6 is 0 Å². The highest BCUT2D eigenvalue weighted by Gasteiger charge is 2.27. The van der Waals surface area contributed by atoms with Crippen molar-refractivity contribution in [1.82, 2.24) is 25.1 Å². The predicted octanol–water partition coefficient (Wildman–Crippen LogP) is 1.22. The number of hydrogen-bond donors (Lipinski definition) is 1. The lowest BCUT2D eigenvalue weighted by Gasteiger charge is -2.40. The van der Waals surface area contributed by atoms with Crippen LogP contribution in [0.3, 0.4) is 0 Å². The molecular formula is C17H17N7. The minimum atomic E-state index is 0.613. The van der Waals surface area contributed by atoms with Crippen molar-refractivity contribution in [3.63, 3.8) is 0 Å². The fourth-order valence-electron chi connectivity index (χ4n) is 2.94. The van der Waals surface area contributed by atoms with Gasteiger partial charge in [0.25, 0.3) is 0 Å². The van der Waals surface area contributed by atoms with Crippen molar-refractivity contribution >= 4 is 11.5 Å². The van der Waals surface area contributed by atoms with Crippen LogP contribution < -0.4 is 10.2 Å². The summed E-state index contributed by atoms with van der Waals surface area (Å²) < 4.78 is 1.70. The second-order valence-electron chi connectivity index (χ2n) is 6.04. The second kappa shape index (κ2) is 6.26. The van der Waals surface area contributed by atoms with Gasteiger partial charge in [0.15, 0.2) is 5.65 Å². The van der Waals surface area contributed by atoms with Gasteiger partial charge in [0, 0.05) is 32.1 Å². The molecule has 2 aromatic heterocycles. The molecule has 1 aliphatic heterocycles. The number of rotatable bonds is 5. The number of anilines is 1. The third-order valence-electron chi connectivity index (χ3n) is 4.25. The minimum absolute atomic E-state index is 0.613. The molecule has 0 spiro atoms. The van der Waals surface area contributed by atoms with Crippen molar-refractivity contribution in [2.45, 2.75) is 6.54 Å². The molecular weight excluding hydrogens is 302 g/mol. The van der Waals surface area contributed by atoms with Crippen LogP contribution in [-0.2, 0) is 6.54 Å². The second-order valence-corrected chi connectivity index (χ2v) is 6.04. The monoisotopic (exact) mass is 319 g/mol. The fourth-order valence-corrected chi connectivity index (χ4v) is 2.94. The number of fused-ring (bicyclic) bond motifs is 1. The summed E-state index contributed by atoms with van der Waals surface area (Å²) in [6.07, 6.45) is 1.62. The zero-order chi connectivity index (χ0) is 16.4. The van der Waals surface area contributed by atoms with Crippen molar-refractivity contribution in [2.24, 2.45) is 5.92 Å². The molecule has 0 aliphatic carbocycles. The molecule has 0 radical (unpaired) electrons. The van der Waals surface area contributed by atoms with Gasteiger partial charge in [-0.25, -0.2) is 0 Å². The van der Waals surface area contributed by atoms with Crippen LogP contribution in [0.15, 0.2) is 42.7 Å². The highest BCUT2D eigenvalue weighted by molar-refractivity contribution is 5.46. The standard InChI is InChI=1S/C17H17N7/c18-7-13-2-1-3-14(6-13)8-19-9-15-10-23(11-15)17-5-4-16-21-20-12-24(16)22-17/h1-6,12,15,19H,8-11H2. The van der Waals surface area contributed by atoms with E-state index in [0.717, 1.165) is 43.2 Å². The third kappa shape index (κ3) is 2.92. The predicted molar refractivity (Wildman–Crippen MR) is 89.3 cm³/mol. The van der Waals surface area contributed by atoms with E-state index >= 15 is 0 Å². The summed E-state index contributed by atoms with van der Waals surface area (Å²) in [5.74, 6) is 1.57. The molecule has 120 valence electrons. The van der Waals surface area contributed by atoms with Gasteiger partial charge in [0.1, 0.15) is 12.1 Å². The third-order valence-corrected chi connectivity index (χ3v) is 4.25. The van der Waals surface area contributed by atoms with Crippen molar-refractivity contribution in [1.29, 1.82) is 5.26 Å². The quantitative estimate of drug-likeness (QED) is 0.761. The van der Waals surface area contributed by atoms with E-state index in [9.17, 15) is 0 Å². The van der Waals surface area contributed by atoms with Gasteiger partial charge in [-0.2, -0.15) is 9.78 Å². The maximum Gasteiger partial charge on any atom is 0.177 e. The first-order valence-corrected chi connectivity index (χ1v) is 7.93. The molecule has 3 aromatic rings. The molecule has 1 aromatic carbocycles. The highest BCUT2D eigenvalue weighted by Crippen LogP contribution is 2.22. The summed E-state index contributed by atoms with van der Waals surface area (Å²) in [4.78, 5) is 2.25. The topological polar surface area (TPSA) is 82.1 Å². The molecule has 0 unspecified atom stereocenters. The van der Waals surface area contributed by atoms with E-state index in [1.807, 2.05) is 36.4 Å². The van der Waals surface area contributed by atoms with E-state index in [-0.39, 0.29) is 0 Å². The molecule has 1 saturated heterocycles. The Bertz CT molecular complexity index is 889. The molecule has 0 saturated carbocycles. The Morgan fingerprint density at radius 3 is 3.04 bits per heavy atom. The van der Waals surface area contributed by atoms with Gasteiger partial charge in [0.2, 0.25) is 0 Å². The molecule has 0 amide bonds. The molecule has 0 bridgehead atoms. The first kappa shape index (κ1) is 14.6. The van der Waals surface area contributed by atoms with Crippen LogP contribution in [0.4, 0.5) is 5.82 Å². The largest absolute Gasteiger partial charge is 0.354 e. The van der Waals surface area contributed by atoms with Crippen molar-refractivity contribution in [3.8, 4) is 6.07 Å². The Kier molecular flexibility index (Phi) is 3.81. The minimum Gasteiger partial charge on any atom is -0.354 e. The van der Waals surface area contributed by atoms with E-state index in [1.165, 1.54) is 0 Å². The smallest absolute Gasteiger partial charge is 0.177 e. The first-order chi connectivity index (χ1) is 11.8. The Labute approximate surface area is 139 Å². The number of aromatic nitrogens is 4. The van der Waals surface area contributed by atoms with Crippen LogP contribution in [0.25, 0.3) is 5.65 Å². The number of nitriles is 1. The Morgan fingerprint density at radius 1 is 1.25 bits per heavy atom. The molecule has 7 nitrogen and oxygen atoms in total. The van der Waals surface area contributed by atoms with E-state index < -0.39 is 0 Å². The lowest BCUT2D eigenvalue weighted by molar-refractivity contribution is 0.381. The van der Waals surface area contributed by atoms with Crippen molar-refractivity contribution in [3.05, 3.63) is 53.9 Å². The molecule has 24 heavy (non-hydrogen) atoms. The lowest BCUT2D eigenvalue weighted by atomic mass is 10.00. The SMILES string of the molecule is N#Cc1cccc(CNCC2CN(c3ccc4nncn4n3)C2)c1. The fraction of sp³-hybridized carbons (Fsp3) is 0.294. The van der Waals surface area contributed by atoms with Gasteiger partial charge in [0.05, 0.1) is 11.6 Å². The normalized spacial score (nSPS) is 14.5. The van der Waals surface area contributed by atoms with Gasteiger partial charge in [-0.15, -0.1) is 15.3 Å². The molecule has 3 heterocycles. The number of benzene rings is 1. The number of hydrogen-bond acceptors (Lipinski definition) is 6. The number of nitrogens with zero attached hydrogens (tertiary/aromatic N) is 6. The molecule has 1 fully saturated rings. The van der Waals surface area contributed by atoms with Gasteiger partial charge in [-0.05, 0) is 29.8 Å². The molecule has 7 heteroatoms. The van der Waals surface area contributed by atoms with E-state index in [2.05, 4.69) is 31.6 Å². The van der Waals surface area contributed by atoms with Crippen LogP contribution in [0.5, 0.6) is 0 Å². The maximum atomic E-state index is 8.92. The van der Waals surface area contributed by atoms with Gasteiger partial charge in [-0.1, -0.05) is 12.1 Å². The van der Waals surface area contributed by atoms with Crippen LogP contribution in [-0.4, -0.2) is 39.4 Å². The summed E-state index contributed by atoms with van der Waals surface area (Å²) in [6.45, 7) is 3.73. The summed E-state index contributed by atoms with van der Waals surface area (Å²) in [5, 5.41) is 24.7. The average molecular weight is 319 g/mol. The molecule has 1 aliphatic rings. The lowest BCUT2D eigenvalue weighted by Crippen LogP contribution is -2.51. The van der Waals surface area contributed by atoms with Crippen LogP contribution in [0.2, 0.25) is 0 Å². The van der Waals surface area contributed by atoms with Crippen LogP contribution in [0, 0.1) is 17.2 Å². The summed E-state index contributed by atoms with van der Waals surface area (Å²) in [6, 6.07) is 13.8. The van der Waals surface area contributed by atoms with Crippen molar-refractivity contribution in [2.75, 3.05) is 24.5 Å². The molecule has 0 atom stereocenters. The van der Waals surface area contributed by atoms with Crippen molar-refractivity contribution < 1.29 is 0 Å². The van der Waals surface area contributed by atoms with Crippen LogP contribution in [0.1, 0.15) is 11.1 Å². The van der Waals surface area contributed by atoms with E-state index in [0.29, 0.717) is 11.5 Å². The van der Waals surface area contributed by atoms with Gasteiger partial charge < -0.3 is 10.2 Å². The zero-order valence-corrected chi connectivity index (χ0v) is 13.1. The summed E-state index contributed by atoms with van der Waals surface area (Å²) in [5.41, 5.74) is 2.61. The van der Waals surface area contributed by atoms with Gasteiger partial charge >= 0.3 is 0 Å². The Morgan fingerprint density at radius 2 is 2.17 bits per heavy atom. The zero-order valence-electron chi connectivity index (χ0n) is 13.1.